The van der Waals surface area contributed by atoms with Gasteiger partial charge in [0.2, 0.25) is 0 Å². The maximum absolute atomic E-state index is 12.4. The largest absolute Gasteiger partial charge is 0.394 e. The number of rotatable bonds is 5. The van der Waals surface area contributed by atoms with Crippen molar-refractivity contribution in [3.8, 4) is 0 Å². The molecule has 1 heterocycles. The first-order chi connectivity index (χ1) is 11.5. The van der Waals surface area contributed by atoms with Gasteiger partial charge in [-0.05, 0) is 0 Å². The lowest BCUT2D eigenvalue weighted by atomic mass is 10.0. The average molecular weight is 350 g/mol. The molecule has 0 aliphatic carbocycles. The van der Waals surface area contributed by atoms with Gasteiger partial charge in [0, 0.05) is 52.4 Å². The fourth-order valence-corrected chi connectivity index (χ4v) is 2.34. The van der Waals surface area contributed by atoms with Gasteiger partial charge in [-0.15, -0.1) is 0 Å². The molecule has 4 atom stereocenters. The fraction of sp³-hybridized carbons (Fsp3) is 0.929. The molecule has 0 bridgehead atoms. The Morgan fingerprint density at radius 3 is 1.75 bits per heavy atom. The van der Waals surface area contributed by atoms with Gasteiger partial charge in [-0.3, -0.25) is 4.79 Å². The molecule has 0 unspecified atom stereocenters. The lowest BCUT2D eigenvalue weighted by molar-refractivity contribution is -0.158. The van der Waals surface area contributed by atoms with E-state index in [2.05, 4.69) is 16.0 Å². The average Bonchev–Trinajstić information content (AvgIpc) is 2.59. The Balaban J connectivity index is 2.61. The van der Waals surface area contributed by atoms with Gasteiger partial charge in [-0.2, -0.15) is 0 Å². The monoisotopic (exact) mass is 350 g/mol. The number of nitrogens with zero attached hydrogens (tertiary/aromatic N) is 1. The van der Waals surface area contributed by atoms with Crippen LogP contribution in [0.5, 0.6) is 0 Å². The molecule has 0 radical (unpaired) electrons. The summed E-state index contributed by atoms with van der Waals surface area (Å²) in [6.07, 6.45) is -7.21. The van der Waals surface area contributed by atoms with E-state index < -0.39 is 36.9 Å². The van der Waals surface area contributed by atoms with Crippen LogP contribution in [0.3, 0.4) is 0 Å². The van der Waals surface area contributed by atoms with E-state index in [0.717, 1.165) is 26.2 Å². The van der Waals surface area contributed by atoms with Crippen LogP contribution in [-0.2, 0) is 4.79 Å². The van der Waals surface area contributed by atoms with E-state index in [1.54, 1.807) is 0 Å². The molecule has 1 aliphatic rings. The van der Waals surface area contributed by atoms with E-state index in [9.17, 15) is 25.2 Å². The highest BCUT2D eigenvalue weighted by Crippen LogP contribution is 2.08. The summed E-state index contributed by atoms with van der Waals surface area (Å²) in [5.74, 6) is -0.731. The van der Waals surface area contributed by atoms with Crippen LogP contribution in [0.4, 0.5) is 0 Å². The number of aliphatic hydroxyl groups excluding tert-OH is 5. The Hall–Kier alpha value is -0.850. The van der Waals surface area contributed by atoms with E-state index in [1.807, 2.05) is 0 Å². The third kappa shape index (κ3) is 6.95. The fourth-order valence-electron chi connectivity index (χ4n) is 2.34. The second kappa shape index (κ2) is 11.7. The molecule has 8 N–H and O–H groups in total. The number of carbonyl (C=O) groups excluding carboxylic acids is 1. The number of nitrogens with one attached hydrogen (secondary N) is 3. The standard InChI is InChI=1S/C14H30N4O6/c19-9-10(20)11(21)12(22)13(23)14(24)18-7-5-16-3-1-15-2-4-17-6-8-18/h10-13,15-17,19-23H,1-9H2/t10-,11-,12+,13-/m1/s1. The molecular weight excluding hydrogens is 320 g/mol. The Kier molecular flexibility index (Phi) is 10.3. The maximum Gasteiger partial charge on any atom is 0.254 e. The van der Waals surface area contributed by atoms with Crippen molar-refractivity contribution in [2.24, 2.45) is 0 Å². The molecule has 0 aromatic carbocycles. The van der Waals surface area contributed by atoms with E-state index in [0.29, 0.717) is 26.2 Å². The zero-order chi connectivity index (χ0) is 17.9. The van der Waals surface area contributed by atoms with Gasteiger partial charge in [0.15, 0.2) is 6.10 Å². The van der Waals surface area contributed by atoms with Crippen LogP contribution in [-0.4, -0.2) is 120 Å². The summed E-state index contributed by atoms with van der Waals surface area (Å²) in [6.45, 7) is 4.04. The first-order valence-corrected chi connectivity index (χ1v) is 8.23. The normalized spacial score (nSPS) is 23.5. The van der Waals surface area contributed by atoms with Gasteiger partial charge in [0.1, 0.15) is 18.3 Å². The Morgan fingerprint density at radius 2 is 1.29 bits per heavy atom. The number of aliphatic hydroxyl groups is 5. The molecule has 1 fully saturated rings. The van der Waals surface area contributed by atoms with Gasteiger partial charge in [-0.1, -0.05) is 0 Å². The highest BCUT2D eigenvalue weighted by molar-refractivity contribution is 5.81. The SMILES string of the molecule is O=C([C@H](O)[C@@H](O)[C@H](O)[C@H](O)CO)N1CCNCCNCCNCC1. The lowest BCUT2D eigenvalue weighted by Gasteiger charge is -2.30. The van der Waals surface area contributed by atoms with Crippen LogP contribution in [0, 0.1) is 0 Å². The van der Waals surface area contributed by atoms with E-state index in [1.165, 1.54) is 4.90 Å². The summed E-state index contributed by atoms with van der Waals surface area (Å²) in [7, 11) is 0. The lowest BCUT2D eigenvalue weighted by Crippen LogP contribution is -2.54. The van der Waals surface area contributed by atoms with Crippen molar-refractivity contribution in [3.05, 3.63) is 0 Å². The Bertz CT molecular complexity index is 350. The molecular formula is C14H30N4O6. The van der Waals surface area contributed by atoms with Crippen molar-refractivity contribution in [1.29, 1.82) is 0 Å². The Labute approximate surface area is 141 Å². The predicted octanol–water partition coefficient (Wildman–Crippen LogP) is -4.97. The first kappa shape index (κ1) is 21.2. The summed E-state index contributed by atoms with van der Waals surface area (Å²) in [5.41, 5.74) is 0. The molecule has 1 saturated heterocycles. The quantitative estimate of drug-likeness (QED) is 0.243. The van der Waals surface area contributed by atoms with Gasteiger partial charge in [0.25, 0.3) is 5.91 Å². The van der Waals surface area contributed by atoms with Crippen LogP contribution in [0.15, 0.2) is 0 Å². The van der Waals surface area contributed by atoms with Crippen molar-refractivity contribution in [1.82, 2.24) is 20.9 Å². The van der Waals surface area contributed by atoms with Gasteiger partial charge in [0.05, 0.1) is 6.61 Å². The highest BCUT2D eigenvalue weighted by Gasteiger charge is 2.36. The van der Waals surface area contributed by atoms with Crippen molar-refractivity contribution >= 4 is 5.91 Å². The molecule has 142 valence electrons. The molecule has 0 spiro atoms. The summed E-state index contributed by atoms with van der Waals surface area (Å²) in [6, 6.07) is 0. The maximum atomic E-state index is 12.4. The number of hydrogen-bond acceptors (Lipinski definition) is 9. The van der Waals surface area contributed by atoms with Crippen molar-refractivity contribution < 1.29 is 30.3 Å². The van der Waals surface area contributed by atoms with Crippen LogP contribution >= 0.6 is 0 Å². The summed E-state index contributed by atoms with van der Waals surface area (Å²) in [5, 5.41) is 57.1. The minimum atomic E-state index is -1.88. The van der Waals surface area contributed by atoms with Gasteiger partial charge in [-0.25, -0.2) is 0 Å². The number of hydrogen-bond donors (Lipinski definition) is 8. The number of carbonyl (C=O) groups is 1. The van der Waals surface area contributed by atoms with Gasteiger partial charge < -0.3 is 46.4 Å². The third-order valence-corrected chi connectivity index (χ3v) is 3.89. The third-order valence-electron chi connectivity index (χ3n) is 3.89. The van der Waals surface area contributed by atoms with Crippen molar-refractivity contribution in [3.63, 3.8) is 0 Å². The minimum Gasteiger partial charge on any atom is -0.394 e. The zero-order valence-electron chi connectivity index (χ0n) is 13.8. The van der Waals surface area contributed by atoms with Crippen LogP contribution in [0.2, 0.25) is 0 Å². The molecule has 0 aromatic heterocycles. The molecule has 0 saturated carbocycles. The molecule has 10 heteroatoms. The summed E-state index contributed by atoms with van der Waals surface area (Å²) >= 11 is 0. The molecule has 0 aromatic rings. The topological polar surface area (TPSA) is 158 Å². The van der Waals surface area contributed by atoms with E-state index in [4.69, 9.17) is 5.11 Å². The van der Waals surface area contributed by atoms with Crippen LogP contribution in [0.25, 0.3) is 0 Å². The second-order valence-electron chi connectivity index (χ2n) is 5.75. The Morgan fingerprint density at radius 1 is 0.833 bits per heavy atom. The molecule has 1 rings (SSSR count). The van der Waals surface area contributed by atoms with E-state index in [-0.39, 0.29) is 0 Å². The van der Waals surface area contributed by atoms with Gasteiger partial charge >= 0.3 is 0 Å². The van der Waals surface area contributed by atoms with Crippen molar-refractivity contribution in [2.45, 2.75) is 24.4 Å². The minimum absolute atomic E-state index is 0.336. The highest BCUT2D eigenvalue weighted by atomic mass is 16.4. The second-order valence-corrected chi connectivity index (χ2v) is 5.75. The van der Waals surface area contributed by atoms with E-state index >= 15 is 0 Å². The summed E-state index contributed by atoms with van der Waals surface area (Å²) < 4.78 is 0. The van der Waals surface area contributed by atoms with Crippen LogP contribution in [0.1, 0.15) is 0 Å². The predicted molar refractivity (Wildman–Crippen MR) is 86.3 cm³/mol. The molecule has 10 nitrogen and oxygen atoms in total. The molecule has 1 amide bonds. The van der Waals surface area contributed by atoms with Crippen LogP contribution < -0.4 is 16.0 Å². The molecule has 24 heavy (non-hydrogen) atoms. The molecule has 1 aliphatic heterocycles. The number of amides is 1. The summed E-state index contributed by atoms with van der Waals surface area (Å²) in [4.78, 5) is 13.8. The zero-order valence-corrected chi connectivity index (χ0v) is 13.8. The van der Waals surface area contributed by atoms with Crippen molar-refractivity contribution in [2.75, 3.05) is 59.0 Å². The smallest absolute Gasteiger partial charge is 0.254 e. The first-order valence-electron chi connectivity index (χ1n) is 8.23.